The van der Waals surface area contributed by atoms with E-state index in [0.717, 1.165) is 0 Å². The lowest BCUT2D eigenvalue weighted by Gasteiger charge is -2.02. The molecular formula is C7H10N2OS. The standard InChI is InChI=1S/C7H10N2OS/c1-2-5(8)7(10)6-3-4-11-9-6/h3-5H,2,8H2,1H3/t5-/m0/s1. The lowest BCUT2D eigenvalue weighted by molar-refractivity contribution is 0.0955. The number of rotatable bonds is 3. The van der Waals surface area contributed by atoms with E-state index in [2.05, 4.69) is 4.37 Å². The van der Waals surface area contributed by atoms with Gasteiger partial charge >= 0.3 is 0 Å². The maximum Gasteiger partial charge on any atom is 0.198 e. The summed E-state index contributed by atoms with van der Waals surface area (Å²) < 4.78 is 3.90. The molecule has 1 aromatic heterocycles. The Labute approximate surface area is 69.4 Å². The van der Waals surface area contributed by atoms with Crippen LogP contribution in [-0.4, -0.2) is 16.2 Å². The Morgan fingerprint density at radius 3 is 3.09 bits per heavy atom. The van der Waals surface area contributed by atoms with E-state index in [-0.39, 0.29) is 5.78 Å². The minimum absolute atomic E-state index is 0.0613. The van der Waals surface area contributed by atoms with Crippen molar-refractivity contribution >= 4 is 17.3 Å². The predicted octanol–water partition coefficient (Wildman–Crippen LogP) is 1.06. The predicted molar refractivity (Wildman–Crippen MR) is 44.7 cm³/mol. The minimum atomic E-state index is -0.392. The molecule has 2 N–H and O–H groups in total. The van der Waals surface area contributed by atoms with Crippen molar-refractivity contribution in [3.05, 3.63) is 17.1 Å². The normalized spacial score (nSPS) is 12.9. The largest absolute Gasteiger partial charge is 0.321 e. The molecule has 0 aromatic carbocycles. The van der Waals surface area contributed by atoms with Crippen molar-refractivity contribution in [1.29, 1.82) is 0 Å². The van der Waals surface area contributed by atoms with Gasteiger partial charge in [-0.2, -0.15) is 4.37 Å². The second-order valence-electron chi connectivity index (χ2n) is 2.26. The Morgan fingerprint density at radius 1 is 1.91 bits per heavy atom. The summed E-state index contributed by atoms with van der Waals surface area (Å²) in [6.07, 6.45) is 0.663. The number of hydrogen-bond donors (Lipinski definition) is 1. The van der Waals surface area contributed by atoms with E-state index in [1.165, 1.54) is 11.5 Å². The van der Waals surface area contributed by atoms with E-state index in [9.17, 15) is 4.79 Å². The zero-order chi connectivity index (χ0) is 8.27. The lowest BCUT2D eigenvalue weighted by Crippen LogP contribution is -2.29. The van der Waals surface area contributed by atoms with E-state index in [0.29, 0.717) is 12.1 Å². The van der Waals surface area contributed by atoms with Crippen LogP contribution in [0, 0.1) is 0 Å². The van der Waals surface area contributed by atoms with Gasteiger partial charge in [-0.1, -0.05) is 6.92 Å². The summed E-state index contributed by atoms with van der Waals surface area (Å²) in [5.74, 6) is -0.0613. The SMILES string of the molecule is CC[C@H](N)C(=O)c1ccsn1. The molecule has 1 rings (SSSR count). The molecule has 0 bridgehead atoms. The van der Waals surface area contributed by atoms with Crippen molar-refractivity contribution in [2.45, 2.75) is 19.4 Å². The summed E-state index contributed by atoms with van der Waals surface area (Å²) in [7, 11) is 0. The Bertz CT molecular complexity index is 233. The highest BCUT2D eigenvalue weighted by Crippen LogP contribution is 2.04. The molecule has 0 saturated carbocycles. The Morgan fingerprint density at radius 2 is 2.64 bits per heavy atom. The topological polar surface area (TPSA) is 56.0 Å². The molecule has 60 valence electrons. The number of Topliss-reactive ketones (excluding diaryl/α,β-unsaturated/α-hetero) is 1. The summed E-state index contributed by atoms with van der Waals surface area (Å²) in [5.41, 5.74) is 6.01. The van der Waals surface area contributed by atoms with Crippen molar-refractivity contribution < 1.29 is 4.79 Å². The molecule has 0 aliphatic heterocycles. The zero-order valence-electron chi connectivity index (χ0n) is 6.28. The van der Waals surface area contributed by atoms with Crippen LogP contribution in [-0.2, 0) is 0 Å². The number of ketones is 1. The average Bonchev–Trinajstić information content (AvgIpc) is 2.53. The van der Waals surface area contributed by atoms with Crippen molar-refractivity contribution in [2.24, 2.45) is 5.73 Å². The highest BCUT2D eigenvalue weighted by Gasteiger charge is 2.14. The van der Waals surface area contributed by atoms with Gasteiger partial charge in [0, 0.05) is 5.38 Å². The van der Waals surface area contributed by atoms with Gasteiger partial charge in [-0.3, -0.25) is 4.79 Å². The van der Waals surface area contributed by atoms with Crippen LogP contribution in [0.4, 0.5) is 0 Å². The first-order valence-corrected chi connectivity index (χ1v) is 4.29. The molecule has 0 saturated heterocycles. The van der Waals surface area contributed by atoms with E-state index < -0.39 is 6.04 Å². The van der Waals surface area contributed by atoms with Crippen molar-refractivity contribution in [1.82, 2.24) is 4.37 Å². The van der Waals surface area contributed by atoms with Gasteiger partial charge in [0.15, 0.2) is 5.78 Å². The molecule has 3 nitrogen and oxygen atoms in total. The monoisotopic (exact) mass is 170 g/mol. The molecule has 1 aromatic rings. The molecule has 0 amide bonds. The minimum Gasteiger partial charge on any atom is -0.321 e. The van der Waals surface area contributed by atoms with Gasteiger partial charge in [0.25, 0.3) is 0 Å². The molecule has 11 heavy (non-hydrogen) atoms. The van der Waals surface area contributed by atoms with Crippen LogP contribution < -0.4 is 5.73 Å². The molecule has 0 fully saturated rings. The molecule has 0 aliphatic rings. The van der Waals surface area contributed by atoms with Crippen LogP contribution >= 0.6 is 11.5 Å². The summed E-state index contributed by atoms with van der Waals surface area (Å²) >= 11 is 1.27. The Hall–Kier alpha value is -0.740. The van der Waals surface area contributed by atoms with Crippen LogP contribution in [0.15, 0.2) is 11.4 Å². The van der Waals surface area contributed by atoms with Gasteiger partial charge in [-0.25, -0.2) is 0 Å². The van der Waals surface area contributed by atoms with Gasteiger partial charge in [-0.05, 0) is 24.0 Å². The van der Waals surface area contributed by atoms with Crippen LogP contribution in [0.3, 0.4) is 0 Å². The molecule has 1 heterocycles. The molecule has 0 spiro atoms. The number of nitrogens with zero attached hydrogens (tertiary/aromatic N) is 1. The number of nitrogens with two attached hydrogens (primary N) is 1. The van der Waals surface area contributed by atoms with Crippen LogP contribution in [0.5, 0.6) is 0 Å². The van der Waals surface area contributed by atoms with Crippen LogP contribution in [0.2, 0.25) is 0 Å². The number of carbonyl (C=O) groups excluding carboxylic acids is 1. The van der Waals surface area contributed by atoms with Gasteiger partial charge in [-0.15, -0.1) is 0 Å². The third kappa shape index (κ3) is 1.85. The van der Waals surface area contributed by atoms with Gasteiger partial charge in [0.2, 0.25) is 0 Å². The first-order chi connectivity index (χ1) is 5.25. The fraction of sp³-hybridized carbons (Fsp3) is 0.429. The fourth-order valence-corrected chi connectivity index (χ4v) is 1.23. The van der Waals surface area contributed by atoms with Crippen LogP contribution in [0.1, 0.15) is 23.8 Å². The van der Waals surface area contributed by atoms with Crippen LogP contribution in [0.25, 0.3) is 0 Å². The van der Waals surface area contributed by atoms with Crippen molar-refractivity contribution in [2.75, 3.05) is 0 Å². The van der Waals surface area contributed by atoms with E-state index in [1.807, 2.05) is 6.92 Å². The summed E-state index contributed by atoms with van der Waals surface area (Å²) in [5, 5.41) is 1.77. The van der Waals surface area contributed by atoms with E-state index >= 15 is 0 Å². The molecule has 4 heteroatoms. The smallest absolute Gasteiger partial charge is 0.198 e. The summed E-state index contributed by atoms with van der Waals surface area (Å²) in [6.45, 7) is 1.88. The van der Waals surface area contributed by atoms with Gasteiger partial charge in [0.05, 0.1) is 6.04 Å². The number of hydrogen-bond acceptors (Lipinski definition) is 4. The molecule has 0 aliphatic carbocycles. The Kier molecular flexibility index (Phi) is 2.73. The molecular weight excluding hydrogens is 160 g/mol. The summed E-state index contributed by atoms with van der Waals surface area (Å²) in [6, 6.07) is 1.31. The maximum atomic E-state index is 11.3. The van der Waals surface area contributed by atoms with Gasteiger partial charge < -0.3 is 5.73 Å². The molecule has 0 radical (unpaired) electrons. The number of aromatic nitrogens is 1. The third-order valence-electron chi connectivity index (χ3n) is 1.47. The lowest BCUT2D eigenvalue weighted by atomic mass is 10.1. The average molecular weight is 170 g/mol. The first kappa shape index (κ1) is 8.36. The second kappa shape index (κ2) is 3.59. The highest BCUT2D eigenvalue weighted by molar-refractivity contribution is 7.03. The van der Waals surface area contributed by atoms with Crippen molar-refractivity contribution in [3.8, 4) is 0 Å². The highest BCUT2D eigenvalue weighted by atomic mass is 32.1. The second-order valence-corrected chi connectivity index (χ2v) is 2.93. The number of carbonyl (C=O) groups is 1. The van der Waals surface area contributed by atoms with E-state index in [4.69, 9.17) is 5.73 Å². The van der Waals surface area contributed by atoms with Crippen molar-refractivity contribution in [3.63, 3.8) is 0 Å². The third-order valence-corrected chi connectivity index (χ3v) is 2.03. The Balaban J connectivity index is 2.70. The maximum absolute atomic E-state index is 11.3. The summed E-state index contributed by atoms with van der Waals surface area (Å²) in [4.78, 5) is 11.3. The van der Waals surface area contributed by atoms with Gasteiger partial charge in [0.1, 0.15) is 5.69 Å². The fourth-order valence-electron chi connectivity index (χ4n) is 0.715. The molecule has 1 atom stereocenters. The zero-order valence-corrected chi connectivity index (χ0v) is 7.10. The van der Waals surface area contributed by atoms with E-state index in [1.54, 1.807) is 11.4 Å². The molecule has 0 unspecified atom stereocenters. The quantitative estimate of drug-likeness (QED) is 0.690. The first-order valence-electron chi connectivity index (χ1n) is 3.46.